The zero-order valence-electron chi connectivity index (χ0n) is 18.2. The van der Waals surface area contributed by atoms with E-state index in [-0.39, 0.29) is 37.1 Å². The minimum Gasteiger partial charge on any atom is -0.493 e. The van der Waals surface area contributed by atoms with Crippen molar-refractivity contribution in [2.24, 2.45) is 5.16 Å². The van der Waals surface area contributed by atoms with Crippen LogP contribution in [0.25, 0.3) is 0 Å². The number of halogens is 1. The van der Waals surface area contributed by atoms with Crippen molar-refractivity contribution in [1.82, 2.24) is 10.2 Å². The number of rotatable bonds is 8. The lowest BCUT2D eigenvalue weighted by Crippen LogP contribution is -2.45. The maximum Gasteiger partial charge on any atom is 0.318 e. The van der Waals surface area contributed by atoms with Gasteiger partial charge in [-0.25, -0.2) is 9.18 Å². The number of hydrogen-bond donors (Lipinski definition) is 1. The van der Waals surface area contributed by atoms with Gasteiger partial charge in [0.1, 0.15) is 5.82 Å². The molecule has 1 aliphatic heterocycles. The van der Waals surface area contributed by atoms with Crippen molar-refractivity contribution in [3.8, 4) is 11.5 Å². The summed E-state index contributed by atoms with van der Waals surface area (Å²) in [5.74, 6) is 0.881. The summed E-state index contributed by atoms with van der Waals surface area (Å²) in [7, 11) is 3.15. The number of methoxy groups -OCH3 is 2. The zero-order chi connectivity index (χ0) is 22.4. The first-order chi connectivity index (χ1) is 14.9. The van der Waals surface area contributed by atoms with Gasteiger partial charge in [0.05, 0.1) is 33.0 Å². The second-order valence-corrected chi connectivity index (χ2v) is 7.62. The van der Waals surface area contributed by atoms with Crippen LogP contribution in [0, 0.1) is 5.82 Å². The Kier molecular flexibility index (Phi) is 7.33. The molecule has 166 valence electrons. The topological polar surface area (TPSA) is 72.4 Å². The van der Waals surface area contributed by atoms with Crippen molar-refractivity contribution >= 4 is 11.7 Å². The predicted molar refractivity (Wildman–Crippen MR) is 116 cm³/mol. The Bertz CT molecular complexity index is 948. The lowest BCUT2D eigenvalue weighted by Gasteiger charge is -2.26. The van der Waals surface area contributed by atoms with Gasteiger partial charge < -0.3 is 24.5 Å². The van der Waals surface area contributed by atoms with Crippen LogP contribution in [-0.2, 0) is 11.4 Å². The maximum absolute atomic E-state index is 14.2. The molecule has 0 radical (unpaired) electrons. The molecule has 31 heavy (non-hydrogen) atoms. The molecule has 3 rings (SSSR count). The van der Waals surface area contributed by atoms with Gasteiger partial charge in [-0.05, 0) is 38.1 Å². The summed E-state index contributed by atoms with van der Waals surface area (Å²) in [5, 5.41) is 7.07. The number of carbonyl (C=O) groups excluding carboxylic acids is 1. The third-order valence-corrected chi connectivity index (χ3v) is 4.89. The smallest absolute Gasteiger partial charge is 0.318 e. The van der Waals surface area contributed by atoms with E-state index in [4.69, 9.17) is 14.3 Å². The highest BCUT2D eigenvalue weighted by Gasteiger charge is 2.28. The molecule has 0 aromatic heterocycles. The number of nitrogens with zero attached hydrogens (tertiary/aromatic N) is 2. The van der Waals surface area contributed by atoms with Crippen molar-refractivity contribution in [2.75, 3.05) is 20.8 Å². The molecule has 8 heteroatoms. The Hall–Kier alpha value is -3.29. The van der Waals surface area contributed by atoms with Gasteiger partial charge in [0, 0.05) is 23.6 Å². The van der Waals surface area contributed by atoms with Crippen LogP contribution in [0.15, 0.2) is 47.6 Å². The molecule has 2 amide bonds. The van der Waals surface area contributed by atoms with E-state index in [1.807, 2.05) is 32.0 Å². The third kappa shape index (κ3) is 5.65. The van der Waals surface area contributed by atoms with E-state index in [0.717, 1.165) is 11.3 Å². The minimum atomic E-state index is -0.348. The molecule has 2 aromatic rings. The number of oxime groups is 1. The number of amides is 2. The minimum absolute atomic E-state index is 0.0429. The van der Waals surface area contributed by atoms with Gasteiger partial charge in [-0.3, -0.25) is 0 Å². The van der Waals surface area contributed by atoms with Crippen molar-refractivity contribution in [2.45, 2.75) is 39.0 Å². The van der Waals surface area contributed by atoms with Gasteiger partial charge in [0.25, 0.3) is 0 Å². The summed E-state index contributed by atoms with van der Waals surface area (Å²) in [6.07, 6.45) is 0.172. The van der Waals surface area contributed by atoms with Gasteiger partial charge in [0.15, 0.2) is 17.6 Å². The fourth-order valence-corrected chi connectivity index (χ4v) is 3.35. The van der Waals surface area contributed by atoms with E-state index in [2.05, 4.69) is 10.5 Å². The van der Waals surface area contributed by atoms with E-state index in [1.54, 1.807) is 37.3 Å². The SMILES string of the molecule is COc1ccc(C2=NOC(CN(Cc3ccccc3F)C(=O)NC(C)C)C2)cc1OC. The molecule has 2 aromatic carbocycles. The highest BCUT2D eigenvalue weighted by molar-refractivity contribution is 6.01. The maximum atomic E-state index is 14.2. The summed E-state index contributed by atoms with van der Waals surface area (Å²) in [4.78, 5) is 19.9. The number of nitrogens with one attached hydrogen (secondary N) is 1. The Labute approximate surface area is 181 Å². The van der Waals surface area contributed by atoms with Crippen LogP contribution in [0.4, 0.5) is 9.18 Å². The number of hydrogen-bond acceptors (Lipinski definition) is 5. The summed E-state index contributed by atoms with van der Waals surface area (Å²) < 4.78 is 24.8. The van der Waals surface area contributed by atoms with Crippen molar-refractivity contribution in [3.63, 3.8) is 0 Å². The molecule has 0 spiro atoms. The van der Waals surface area contributed by atoms with Crippen LogP contribution < -0.4 is 14.8 Å². The zero-order valence-corrected chi connectivity index (χ0v) is 18.2. The Morgan fingerprint density at radius 3 is 2.65 bits per heavy atom. The van der Waals surface area contributed by atoms with E-state index in [0.29, 0.717) is 23.5 Å². The highest BCUT2D eigenvalue weighted by atomic mass is 19.1. The summed E-state index contributed by atoms with van der Waals surface area (Å²) >= 11 is 0. The van der Waals surface area contributed by atoms with Gasteiger partial charge >= 0.3 is 6.03 Å². The monoisotopic (exact) mass is 429 g/mol. The summed E-state index contributed by atoms with van der Waals surface area (Å²) in [5.41, 5.74) is 2.05. The van der Waals surface area contributed by atoms with Crippen molar-refractivity contribution in [3.05, 3.63) is 59.4 Å². The van der Waals surface area contributed by atoms with Gasteiger partial charge in [0.2, 0.25) is 0 Å². The van der Waals surface area contributed by atoms with E-state index >= 15 is 0 Å². The van der Waals surface area contributed by atoms with Crippen LogP contribution in [-0.4, -0.2) is 49.6 Å². The van der Waals surface area contributed by atoms with Gasteiger partial charge in [-0.15, -0.1) is 0 Å². The Morgan fingerprint density at radius 1 is 1.23 bits per heavy atom. The van der Waals surface area contributed by atoms with Gasteiger partial charge in [-0.2, -0.15) is 0 Å². The molecule has 7 nitrogen and oxygen atoms in total. The third-order valence-electron chi connectivity index (χ3n) is 4.89. The fraction of sp³-hybridized carbons (Fsp3) is 0.391. The van der Waals surface area contributed by atoms with Crippen LogP contribution in [0.5, 0.6) is 11.5 Å². The fourth-order valence-electron chi connectivity index (χ4n) is 3.35. The molecule has 0 saturated carbocycles. The Morgan fingerprint density at radius 2 is 1.97 bits per heavy atom. The average Bonchev–Trinajstić information content (AvgIpc) is 3.22. The van der Waals surface area contributed by atoms with Crippen LogP contribution in [0.3, 0.4) is 0 Å². The van der Waals surface area contributed by atoms with E-state index < -0.39 is 0 Å². The molecular weight excluding hydrogens is 401 g/mol. The molecule has 0 fully saturated rings. The molecule has 1 atom stereocenters. The second kappa shape index (κ2) is 10.1. The van der Waals surface area contributed by atoms with Crippen LogP contribution in [0.2, 0.25) is 0 Å². The molecular formula is C23H28FN3O4. The molecule has 1 N–H and O–H groups in total. The molecule has 1 unspecified atom stereocenters. The number of urea groups is 1. The molecule has 0 aliphatic carbocycles. The van der Waals surface area contributed by atoms with Gasteiger partial charge in [-0.1, -0.05) is 23.4 Å². The normalized spacial score (nSPS) is 15.3. The van der Waals surface area contributed by atoms with Crippen molar-refractivity contribution in [1.29, 1.82) is 0 Å². The standard InChI is InChI=1S/C23H28FN3O4/c1-15(2)25-23(28)27(13-17-7-5-6-8-19(17)24)14-18-12-20(26-31-18)16-9-10-21(29-3)22(11-16)30-4/h5-11,15,18H,12-14H2,1-4H3,(H,25,28). The molecule has 1 heterocycles. The largest absolute Gasteiger partial charge is 0.493 e. The molecule has 0 saturated heterocycles. The first-order valence-corrected chi connectivity index (χ1v) is 10.1. The first-order valence-electron chi connectivity index (χ1n) is 10.1. The van der Waals surface area contributed by atoms with Crippen molar-refractivity contribution < 1.29 is 23.5 Å². The molecule has 1 aliphatic rings. The number of ether oxygens (including phenoxy) is 2. The highest BCUT2D eigenvalue weighted by Crippen LogP contribution is 2.29. The quantitative estimate of drug-likeness (QED) is 0.690. The van der Waals surface area contributed by atoms with Crippen LogP contribution in [0.1, 0.15) is 31.4 Å². The van der Waals surface area contributed by atoms with Crippen LogP contribution >= 0.6 is 0 Å². The van der Waals surface area contributed by atoms with E-state index in [1.165, 1.54) is 6.07 Å². The van der Waals surface area contributed by atoms with E-state index in [9.17, 15) is 9.18 Å². The second-order valence-electron chi connectivity index (χ2n) is 7.62. The lowest BCUT2D eigenvalue weighted by molar-refractivity contribution is 0.0584. The number of carbonyl (C=O) groups is 1. The first kappa shape index (κ1) is 22.4. The molecule has 0 bridgehead atoms. The predicted octanol–water partition coefficient (Wildman–Crippen LogP) is 3.96. The lowest BCUT2D eigenvalue weighted by atomic mass is 10.0. The summed E-state index contributed by atoms with van der Waals surface area (Å²) in [6, 6.07) is 11.7. The average molecular weight is 429 g/mol. The number of benzene rings is 2. The summed E-state index contributed by atoms with van der Waals surface area (Å²) in [6.45, 7) is 4.16. The Balaban J connectivity index is 1.71.